The number of amides is 1. The molecule has 110 valence electrons. The Kier molecular flexibility index (Phi) is 4.98. The summed E-state index contributed by atoms with van der Waals surface area (Å²) in [5, 5.41) is 7.77. The lowest BCUT2D eigenvalue weighted by Crippen LogP contribution is -2.49. The molecule has 0 radical (unpaired) electrons. The lowest BCUT2D eigenvalue weighted by molar-refractivity contribution is 0.0937. The van der Waals surface area contributed by atoms with Crippen LogP contribution in [0.2, 0.25) is 0 Å². The normalized spacial score (nSPS) is 15.2. The molecule has 0 unspecified atom stereocenters. The van der Waals surface area contributed by atoms with E-state index in [0.717, 1.165) is 18.5 Å². The second-order valence-corrected chi connectivity index (χ2v) is 6.11. The monoisotopic (exact) mass is 359 g/mol. The zero-order valence-electron chi connectivity index (χ0n) is 11.5. The van der Waals surface area contributed by atoms with Crippen LogP contribution in [-0.4, -0.2) is 26.8 Å². The molecule has 0 atom stereocenters. The highest BCUT2D eigenvalue weighted by atomic mass is 79.9. The molecule has 0 aromatic carbocycles. The van der Waals surface area contributed by atoms with Crippen molar-refractivity contribution in [1.29, 1.82) is 0 Å². The van der Waals surface area contributed by atoms with Gasteiger partial charge in [-0.2, -0.15) is 5.10 Å². The molecule has 1 amide bonds. The zero-order chi connectivity index (χ0) is 14.7. The number of carbonyl (C=O) groups excluding carboxylic acids is 1. The summed E-state index contributed by atoms with van der Waals surface area (Å²) in [6.07, 6.45) is 4.71. The number of thiocarbonyl (C=S) groups is 1. The van der Waals surface area contributed by atoms with E-state index in [1.54, 1.807) is 11.7 Å². The maximum absolute atomic E-state index is 12.0. The van der Waals surface area contributed by atoms with Crippen LogP contribution in [0.4, 0.5) is 0 Å². The number of aromatic nitrogens is 2. The lowest BCUT2D eigenvalue weighted by atomic mass is 10.3. The summed E-state index contributed by atoms with van der Waals surface area (Å²) in [5.74, 6) is -0.323. The third-order valence-electron chi connectivity index (χ3n) is 3.46. The Hall–Kier alpha value is -1.15. The number of carbonyl (C=O) groups is 1. The molecule has 6 nitrogen and oxygen atoms in total. The van der Waals surface area contributed by atoms with Gasteiger partial charge < -0.3 is 5.32 Å². The van der Waals surface area contributed by atoms with Crippen molar-refractivity contribution < 1.29 is 4.79 Å². The van der Waals surface area contributed by atoms with Crippen LogP contribution < -0.4 is 16.2 Å². The number of aryl methyl sites for hydroxylation is 1. The van der Waals surface area contributed by atoms with Gasteiger partial charge in [-0.25, -0.2) is 0 Å². The highest BCUT2D eigenvalue weighted by Crippen LogP contribution is 2.19. The van der Waals surface area contributed by atoms with Crippen LogP contribution in [0, 0.1) is 6.92 Å². The molecule has 0 spiro atoms. The minimum atomic E-state index is -0.323. The Morgan fingerprint density at radius 3 is 2.60 bits per heavy atom. The van der Waals surface area contributed by atoms with Crippen molar-refractivity contribution >= 4 is 39.2 Å². The van der Waals surface area contributed by atoms with Gasteiger partial charge in [0.2, 0.25) is 0 Å². The summed E-state index contributed by atoms with van der Waals surface area (Å²) >= 11 is 8.51. The highest BCUT2D eigenvalue weighted by molar-refractivity contribution is 9.10. The summed E-state index contributed by atoms with van der Waals surface area (Å²) < 4.78 is 2.34. The first-order valence-corrected chi connectivity index (χ1v) is 7.75. The molecule has 20 heavy (non-hydrogen) atoms. The predicted octanol–water partition coefficient (Wildman–Crippen LogP) is 1.54. The van der Waals surface area contributed by atoms with Crippen molar-refractivity contribution in [2.45, 2.75) is 38.6 Å². The van der Waals surface area contributed by atoms with Gasteiger partial charge in [0.1, 0.15) is 0 Å². The average Bonchev–Trinajstić information content (AvgIpc) is 3.00. The van der Waals surface area contributed by atoms with Crippen LogP contribution in [-0.2, 0) is 7.05 Å². The fraction of sp³-hybridized carbons (Fsp3) is 0.583. The van der Waals surface area contributed by atoms with Crippen LogP contribution in [0.3, 0.4) is 0 Å². The van der Waals surface area contributed by atoms with E-state index in [9.17, 15) is 4.79 Å². The topological polar surface area (TPSA) is 71.0 Å². The smallest absolute Gasteiger partial charge is 0.291 e. The summed E-state index contributed by atoms with van der Waals surface area (Å²) in [6, 6.07) is 0.413. The van der Waals surface area contributed by atoms with E-state index < -0.39 is 0 Å². The van der Waals surface area contributed by atoms with Crippen LogP contribution in [0.25, 0.3) is 0 Å². The van der Waals surface area contributed by atoms with Crippen molar-refractivity contribution in [2.75, 3.05) is 0 Å². The number of hydrogen-bond donors (Lipinski definition) is 3. The van der Waals surface area contributed by atoms with Gasteiger partial charge in [0.15, 0.2) is 10.8 Å². The Morgan fingerprint density at radius 2 is 2.05 bits per heavy atom. The van der Waals surface area contributed by atoms with Crippen LogP contribution in [0.1, 0.15) is 41.9 Å². The van der Waals surface area contributed by atoms with Crippen molar-refractivity contribution in [3.63, 3.8) is 0 Å². The summed E-state index contributed by atoms with van der Waals surface area (Å²) in [4.78, 5) is 12.0. The number of hydrogen-bond acceptors (Lipinski definition) is 3. The fourth-order valence-corrected chi connectivity index (χ4v) is 2.93. The van der Waals surface area contributed by atoms with Crippen molar-refractivity contribution in [3.05, 3.63) is 15.9 Å². The van der Waals surface area contributed by atoms with Gasteiger partial charge in [0.25, 0.3) is 5.91 Å². The van der Waals surface area contributed by atoms with E-state index >= 15 is 0 Å². The van der Waals surface area contributed by atoms with E-state index in [1.165, 1.54) is 12.8 Å². The van der Waals surface area contributed by atoms with E-state index in [0.29, 0.717) is 21.3 Å². The van der Waals surface area contributed by atoms with E-state index in [1.807, 2.05) is 6.92 Å². The van der Waals surface area contributed by atoms with E-state index in [-0.39, 0.29) is 5.91 Å². The van der Waals surface area contributed by atoms with Gasteiger partial charge in [0, 0.05) is 13.1 Å². The first-order valence-electron chi connectivity index (χ1n) is 6.55. The molecule has 1 heterocycles. The molecule has 1 aliphatic rings. The molecule has 1 aliphatic carbocycles. The van der Waals surface area contributed by atoms with Gasteiger partial charge in [-0.3, -0.25) is 20.3 Å². The third-order valence-corrected chi connectivity index (χ3v) is 4.63. The van der Waals surface area contributed by atoms with Crippen molar-refractivity contribution in [3.8, 4) is 0 Å². The first kappa shape index (κ1) is 15.2. The number of hydrazine groups is 1. The van der Waals surface area contributed by atoms with E-state index in [4.69, 9.17) is 12.2 Å². The van der Waals surface area contributed by atoms with Crippen LogP contribution in [0.5, 0.6) is 0 Å². The number of halogens is 1. The Bertz CT molecular complexity index is 524. The quantitative estimate of drug-likeness (QED) is 0.551. The predicted molar refractivity (Wildman–Crippen MR) is 84.2 cm³/mol. The van der Waals surface area contributed by atoms with E-state index in [2.05, 4.69) is 37.2 Å². The molecule has 8 heteroatoms. The minimum absolute atomic E-state index is 0.323. The molecule has 0 aliphatic heterocycles. The lowest BCUT2D eigenvalue weighted by Gasteiger charge is -2.15. The maximum atomic E-state index is 12.0. The van der Waals surface area contributed by atoms with Gasteiger partial charge >= 0.3 is 0 Å². The Morgan fingerprint density at radius 1 is 1.40 bits per heavy atom. The van der Waals surface area contributed by atoms with Gasteiger partial charge in [-0.1, -0.05) is 12.8 Å². The third kappa shape index (κ3) is 3.49. The molecule has 1 saturated carbocycles. The van der Waals surface area contributed by atoms with Crippen LogP contribution in [0.15, 0.2) is 4.47 Å². The fourth-order valence-electron chi connectivity index (χ4n) is 2.19. The molecular weight excluding hydrogens is 342 g/mol. The highest BCUT2D eigenvalue weighted by Gasteiger charge is 2.19. The maximum Gasteiger partial charge on any atom is 0.291 e. The standard InChI is InChI=1S/C12H18BrN5OS/c1-7-9(13)10(17-18(7)2)11(19)15-16-12(20)14-8-5-3-4-6-8/h8H,3-6H2,1-2H3,(H,15,19)(H2,14,16,20). The van der Waals surface area contributed by atoms with Gasteiger partial charge in [0.05, 0.1) is 10.2 Å². The van der Waals surface area contributed by atoms with Crippen molar-refractivity contribution in [2.24, 2.45) is 7.05 Å². The molecule has 1 aromatic rings. The molecule has 3 N–H and O–H groups in total. The molecule has 1 fully saturated rings. The molecular formula is C12H18BrN5OS. The van der Waals surface area contributed by atoms with Gasteiger partial charge in [-0.05, 0) is 47.9 Å². The van der Waals surface area contributed by atoms with Crippen LogP contribution >= 0.6 is 28.1 Å². The Balaban J connectivity index is 1.85. The Labute approximate surface area is 131 Å². The minimum Gasteiger partial charge on any atom is -0.359 e. The van der Waals surface area contributed by atoms with Gasteiger partial charge in [-0.15, -0.1) is 0 Å². The SMILES string of the molecule is Cc1c(Br)c(C(=O)NNC(=S)NC2CCCC2)nn1C. The number of nitrogens with zero attached hydrogens (tertiary/aromatic N) is 2. The largest absolute Gasteiger partial charge is 0.359 e. The zero-order valence-corrected chi connectivity index (χ0v) is 13.9. The summed E-state index contributed by atoms with van der Waals surface area (Å²) in [5.41, 5.74) is 6.49. The number of rotatable bonds is 2. The van der Waals surface area contributed by atoms with Crippen molar-refractivity contribution in [1.82, 2.24) is 25.9 Å². The molecule has 0 bridgehead atoms. The summed E-state index contributed by atoms with van der Waals surface area (Å²) in [6.45, 7) is 1.88. The summed E-state index contributed by atoms with van der Waals surface area (Å²) in [7, 11) is 1.79. The molecule has 2 rings (SSSR count). The molecule has 1 aromatic heterocycles. The first-order chi connectivity index (χ1) is 9.49. The second-order valence-electron chi connectivity index (χ2n) is 4.91. The average molecular weight is 360 g/mol. The second kappa shape index (κ2) is 6.53. The molecule has 0 saturated heterocycles. The number of nitrogens with one attached hydrogen (secondary N) is 3.